The lowest BCUT2D eigenvalue weighted by Crippen LogP contribution is -2.23. The van der Waals surface area contributed by atoms with Crippen molar-refractivity contribution in [2.24, 2.45) is 7.05 Å². The van der Waals surface area contributed by atoms with E-state index in [2.05, 4.69) is 15.3 Å². The molecule has 1 amide bonds. The zero-order chi connectivity index (χ0) is 18.4. The lowest BCUT2D eigenvalue weighted by Gasteiger charge is -2.05. The number of rotatable bonds is 3. The molecule has 8 nitrogen and oxygen atoms in total. The summed E-state index contributed by atoms with van der Waals surface area (Å²) in [5.74, 6) is -0.900. The van der Waals surface area contributed by atoms with Crippen LogP contribution in [0, 0.1) is 12.7 Å². The molecule has 0 fully saturated rings. The van der Waals surface area contributed by atoms with Crippen molar-refractivity contribution in [2.75, 3.05) is 5.32 Å². The largest absolute Gasteiger partial charge is 0.423 e. The van der Waals surface area contributed by atoms with Crippen LogP contribution in [0.3, 0.4) is 0 Å². The van der Waals surface area contributed by atoms with Crippen LogP contribution in [0.25, 0.3) is 22.1 Å². The number of aromatic nitrogens is 4. The van der Waals surface area contributed by atoms with E-state index in [1.54, 1.807) is 13.2 Å². The van der Waals surface area contributed by atoms with E-state index in [9.17, 15) is 14.0 Å². The fourth-order valence-electron chi connectivity index (χ4n) is 2.86. The molecule has 0 spiro atoms. The van der Waals surface area contributed by atoms with Gasteiger partial charge in [-0.3, -0.25) is 14.9 Å². The smallest absolute Gasteiger partial charge is 0.302 e. The Kier molecular flexibility index (Phi) is 3.57. The van der Waals surface area contributed by atoms with Crippen molar-refractivity contribution < 1.29 is 13.6 Å². The molecule has 0 radical (unpaired) electrons. The van der Waals surface area contributed by atoms with Gasteiger partial charge in [0.2, 0.25) is 5.91 Å². The first kappa shape index (κ1) is 16.0. The fraction of sp³-hybridized carbons (Fsp3) is 0.176. The Labute approximate surface area is 145 Å². The molecule has 26 heavy (non-hydrogen) atoms. The van der Waals surface area contributed by atoms with Gasteiger partial charge in [0, 0.05) is 19.3 Å². The Bertz CT molecular complexity index is 1220. The van der Waals surface area contributed by atoms with Crippen molar-refractivity contribution >= 4 is 34.1 Å². The number of carbonyl (C=O) groups is 1. The minimum Gasteiger partial charge on any atom is -0.423 e. The SMILES string of the molecule is Cc1cn(C)c(=O)c2c1ncn2CC(=O)Nc1nc2ccc(F)cc2o1. The quantitative estimate of drug-likeness (QED) is 0.606. The Morgan fingerprint density at radius 2 is 2.19 bits per heavy atom. The Morgan fingerprint density at radius 3 is 3.00 bits per heavy atom. The molecular weight excluding hydrogens is 341 g/mol. The summed E-state index contributed by atoms with van der Waals surface area (Å²) in [5.41, 5.74) is 2.16. The van der Waals surface area contributed by atoms with Gasteiger partial charge < -0.3 is 13.6 Å². The molecule has 0 aliphatic heterocycles. The average Bonchev–Trinajstić information content (AvgIpc) is 3.16. The molecule has 1 aromatic carbocycles. The van der Waals surface area contributed by atoms with Crippen LogP contribution in [-0.2, 0) is 18.4 Å². The molecule has 132 valence electrons. The first-order valence-electron chi connectivity index (χ1n) is 7.79. The summed E-state index contributed by atoms with van der Waals surface area (Å²) >= 11 is 0. The highest BCUT2D eigenvalue weighted by atomic mass is 19.1. The Morgan fingerprint density at radius 1 is 1.38 bits per heavy atom. The van der Waals surface area contributed by atoms with Crippen molar-refractivity contribution in [1.82, 2.24) is 19.1 Å². The van der Waals surface area contributed by atoms with Gasteiger partial charge in [-0.15, -0.1) is 0 Å². The van der Waals surface area contributed by atoms with E-state index in [1.807, 2.05) is 6.92 Å². The maximum atomic E-state index is 13.2. The van der Waals surface area contributed by atoms with Crippen molar-refractivity contribution in [1.29, 1.82) is 0 Å². The normalized spacial score (nSPS) is 11.3. The minimum absolute atomic E-state index is 0.0379. The first-order chi connectivity index (χ1) is 12.4. The summed E-state index contributed by atoms with van der Waals surface area (Å²) in [4.78, 5) is 33.0. The third-order valence-electron chi connectivity index (χ3n) is 4.03. The number of nitrogens with zero attached hydrogens (tertiary/aromatic N) is 4. The molecule has 0 saturated carbocycles. The van der Waals surface area contributed by atoms with Crippen LogP contribution >= 0.6 is 0 Å². The molecule has 4 rings (SSSR count). The van der Waals surface area contributed by atoms with Crippen LogP contribution in [0.2, 0.25) is 0 Å². The summed E-state index contributed by atoms with van der Waals surface area (Å²) in [5, 5.41) is 2.51. The Hall–Kier alpha value is -3.49. The maximum absolute atomic E-state index is 13.2. The number of anilines is 1. The van der Waals surface area contributed by atoms with E-state index < -0.39 is 11.7 Å². The van der Waals surface area contributed by atoms with E-state index in [1.165, 1.54) is 33.7 Å². The van der Waals surface area contributed by atoms with Crippen molar-refractivity contribution in [2.45, 2.75) is 13.5 Å². The first-order valence-corrected chi connectivity index (χ1v) is 7.79. The highest BCUT2D eigenvalue weighted by Gasteiger charge is 2.15. The van der Waals surface area contributed by atoms with E-state index >= 15 is 0 Å². The van der Waals surface area contributed by atoms with Gasteiger partial charge in [-0.1, -0.05) is 0 Å². The maximum Gasteiger partial charge on any atom is 0.302 e. The van der Waals surface area contributed by atoms with E-state index in [4.69, 9.17) is 4.42 Å². The second-order valence-corrected chi connectivity index (χ2v) is 5.98. The van der Waals surface area contributed by atoms with Crippen LogP contribution in [-0.4, -0.2) is 25.0 Å². The average molecular weight is 355 g/mol. The van der Waals surface area contributed by atoms with Crippen molar-refractivity contribution in [3.05, 3.63) is 52.5 Å². The number of benzene rings is 1. The zero-order valence-corrected chi connectivity index (χ0v) is 14.0. The number of nitrogens with one attached hydrogen (secondary N) is 1. The molecule has 0 aliphatic carbocycles. The van der Waals surface area contributed by atoms with Crippen molar-refractivity contribution in [3.63, 3.8) is 0 Å². The van der Waals surface area contributed by atoms with Crippen molar-refractivity contribution in [3.8, 4) is 0 Å². The third kappa shape index (κ3) is 2.63. The molecule has 9 heteroatoms. The summed E-state index contributed by atoms with van der Waals surface area (Å²) in [7, 11) is 1.64. The van der Waals surface area contributed by atoms with Crippen LogP contribution < -0.4 is 10.9 Å². The van der Waals surface area contributed by atoms with E-state index in [0.29, 0.717) is 16.6 Å². The van der Waals surface area contributed by atoms with E-state index in [-0.39, 0.29) is 23.7 Å². The number of amides is 1. The van der Waals surface area contributed by atoms with Crippen LogP contribution in [0.15, 0.2) is 39.9 Å². The molecule has 0 unspecified atom stereocenters. The van der Waals surface area contributed by atoms with Gasteiger partial charge in [-0.05, 0) is 24.6 Å². The molecule has 3 heterocycles. The lowest BCUT2D eigenvalue weighted by molar-refractivity contribution is -0.116. The highest BCUT2D eigenvalue weighted by molar-refractivity contribution is 5.91. The molecule has 1 N–H and O–H groups in total. The van der Waals surface area contributed by atoms with Crippen LogP contribution in [0.5, 0.6) is 0 Å². The number of hydrogen-bond donors (Lipinski definition) is 1. The molecule has 4 aromatic rings. The van der Waals surface area contributed by atoms with E-state index in [0.717, 1.165) is 5.56 Å². The zero-order valence-electron chi connectivity index (χ0n) is 14.0. The summed E-state index contributed by atoms with van der Waals surface area (Å²) < 4.78 is 21.4. The molecule has 0 atom stereocenters. The third-order valence-corrected chi connectivity index (χ3v) is 4.03. The number of fused-ring (bicyclic) bond motifs is 2. The number of oxazole rings is 1. The summed E-state index contributed by atoms with van der Waals surface area (Å²) in [6.07, 6.45) is 3.14. The number of imidazole rings is 1. The monoisotopic (exact) mass is 355 g/mol. The summed E-state index contributed by atoms with van der Waals surface area (Å²) in [6.45, 7) is 1.71. The van der Waals surface area contributed by atoms with Gasteiger partial charge in [0.25, 0.3) is 5.56 Å². The highest BCUT2D eigenvalue weighted by Crippen LogP contribution is 2.20. The molecule has 0 bridgehead atoms. The minimum atomic E-state index is -0.456. The topological polar surface area (TPSA) is 95.0 Å². The number of hydrogen-bond acceptors (Lipinski definition) is 5. The molecule has 0 saturated heterocycles. The predicted molar refractivity (Wildman–Crippen MR) is 92.3 cm³/mol. The van der Waals surface area contributed by atoms with Gasteiger partial charge >= 0.3 is 6.01 Å². The van der Waals surface area contributed by atoms with Gasteiger partial charge in [-0.25, -0.2) is 9.37 Å². The van der Waals surface area contributed by atoms with Crippen LogP contribution in [0.1, 0.15) is 5.56 Å². The van der Waals surface area contributed by atoms with Gasteiger partial charge in [0.15, 0.2) is 5.58 Å². The summed E-state index contributed by atoms with van der Waals surface area (Å²) in [6, 6.07) is 3.86. The van der Waals surface area contributed by atoms with Gasteiger partial charge in [0.1, 0.15) is 23.4 Å². The number of aryl methyl sites for hydroxylation is 2. The lowest BCUT2D eigenvalue weighted by atomic mass is 10.2. The number of pyridine rings is 1. The molecular formula is C17H14FN5O3. The molecule has 3 aromatic heterocycles. The predicted octanol–water partition coefficient (Wildman–Crippen LogP) is 1.96. The molecule has 0 aliphatic rings. The number of carbonyl (C=O) groups excluding carboxylic acids is 1. The van der Waals surface area contributed by atoms with Gasteiger partial charge in [0.05, 0.1) is 11.8 Å². The number of halogens is 1. The fourth-order valence-corrected chi connectivity index (χ4v) is 2.86. The van der Waals surface area contributed by atoms with Crippen LogP contribution in [0.4, 0.5) is 10.4 Å². The second-order valence-electron chi connectivity index (χ2n) is 5.98. The standard InChI is InChI=1S/C17H14FN5O3/c1-9-6-22(2)16(25)15-14(9)19-8-23(15)7-13(24)21-17-20-11-4-3-10(18)5-12(11)26-17/h3-6,8H,7H2,1-2H3,(H,20,21,24). The van der Waals surface area contributed by atoms with Gasteiger partial charge in [-0.2, -0.15) is 4.98 Å². The second kappa shape index (κ2) is 5.80. The Balaban J connectivity index is 1.62.